The van der Waals surface area contributed by atoms with E-state index >= 15 is 0 Å². The van der Waals surface area contributed by atoms with Crippen molar-refractivity contribution in [2.75, 3.05) is 37.7 Å². The average Bonchev–Trinajstić information content (AvgIpc) is 3.50. The van der Waals surface area contributed by atoms with Crippen molar-refractivity contribution in [1.82, 2.24) is 15.1 Å². The normalized spacial score (nSPS) is 23.5. The first-order valence-corrected chi connectivity index (χ1v) is 20.0. The van der Waals surface area contributed by atoms with Crippen LogP contribution >= 0.6 is 0 Å². The Morgan fingerprint density at radius 3 is 2.35 bits per heavy atom. The maximum Gasteiger partial charge on any atom is 0.255 e. The van der Waals surface area contributed by atoms with Crippen molar-refractivity contribution in [3.63, 3.8) is 0 Å². The molecule has 3 atom stereocenters. The molecule has 4 aromatic rings. The lowest BCUT2D eigenvalue weighted by atomic mass is 9.69. The third-order valence-electron chi connectivity index (χ3n) is 12.9. The quantitative estimate of drug-likeness (QED) is 0.188. The summed E-state index contributed by atoms with van der Waals surface area (Å²) in [4.78, 5) is 43.9. The van der Waals surface area contributed by atoms with Gasteiger partial charge in [-0.1, -0.05) is 66.2 Å². The van der Waals surface area contributed by atoms with E-state index in [0.29, 0.717) is 42.3 Å². The monoisotopic (exact) mass is 722 g/mol. The molecule has 9 rings (SSSR count). The molecule has 8 heteroatoms. The third kappa shape index (κ3) is 6.81. The molecule has 3 saturated heterocycles. The predicted octanol–water partition coefficient (Wildman–Crippen LogP) is 6.99. The van der Waals surface area contributed by atoms with Crippen molar-refractivity contribution < 1.29 is 19.1 Å². The van der Waals surface area contributed by atoms with Crippen molar-refractivity contribution in [2.24, 2.45) is 5.92 Å². The SMILES string of the molecule is Cc1ccc2c(c1)CC[C@H](c1ccccc1)[C@@H]2c1ccc(OCCC2CN(C3CCN(c4ccc5c(c4)CN(C4CCC(=O)NC4=O)C5=O)CC3)C2)cc1. The number of amides is 3. The van der Waals surface area contributed by atoms with Gasteiger partial charge in [-0.3, -0.25) is 24.6 Å². The fourth-order valence-electron chi connectivity index (χ4n) is 9.87. The van der Waals surface area contributed by atoms with Crippen molar-refractivity contribution in [2.45, 2.75) is 82.3 Å². The lowest BCUT2D eigenvalue weighted by molar-refractivity contribution is -0.136. The lowest BCUT2D eigenvalue weighted by Gasteiger charge is -2.47. The van der Waals surface area contributed by atoms with E-state index in [1.807, 2.05) is 6.07 Å². The van der Waals surface area contributed by atoms with Gasteiger partial charge in [0, 0.05) is 62.4 Å². The summed E-state index contributed by atoms with van der Waals surface area (Å²) in [6, 6.07) is 33.1. The van der Waals surface area contributed by atoms with E-state index in [0.717, 1.165) is 81.9 Å². The second-order valence-electron chi connectivity index (χ2n) is 16.2. The van der Waals surface area contributed by atoms with Gasteiger partial charge in [-0.15, -0.1) is 0 Å². The summed E-state index contributed by atoms with van der Waals surface area (Å²) in [5.74, 6) is 1.70. The summed E-state index contributed by atoms with van der Waals surface area (Å²) in [6.07, 6.45) is 6.27. The van der Waals surface area contributed by atoms with Crippen molar-refractivity contribution in [3.8, 4) is 5.75 Å². The molecule has 3 amide bonds. The Kier molecular flexibility index (Phi) is 9.48. The number of aryl methyl sites for hydroxylation is 2. The van der Waals surface area contributed by atoms with Crippen LogP contribution in [0.1, 0.15) is 94.1 Å². The Morgan fingerprint density at radius 1 is 0.778 bits per heavy atom. The van der Waals surface area contributed by atoms with E-state index in [2.05, 4.69) is 107 Å². The van der Waals surface area contributed by atoms with Crippen molar-refractivity contribution >= 4 is 23.4 Å². The molecule has 0 radical (unpaired) electrons. The summed E-state index contributed by atoms with van der Waals surface area (Å²) in [6.45, 7) is 7.63. The number of benzene rings is 4. The highest BCUT2D eigenvalue weighted by Gasteiger charge is 2.40. The molecular formula is C46H50N4O4. The number of anilines is 1. The van der Waals surface area contributed by atoms with Crippen molar-refractivity contribution in [3.05, 3.63) is 130 Å². The molecule has 1 N–H and O–H groups in total. The number of nitrogens with one attached hydrogen (secondary N) is 1. The largest absolute Gasteiger partial charge is 0.494 e. The van der Waals surface area contributed by atoms with Gasteiger partial charge in [0.05, 0.1) is 6.61 Å². The number of carbonyl (C=O) groups excluding carboxylic acids is 3. The van der Waals surface area contributed by atoms with Gasteiger partial charge in [-0.05, 0) is 115 Å². The van der Waals surface area contributed by atoms with Crippen LogP contribution in [-0.4, -0.2) is 72.4 Å². The van der Waals surface area contributed by atoms with Crippen LogP contribution in [0, 0.1) is 12.8 Å². The van der Waals surface area contributed by atoms with Crippen LogP contribution in [0.2, 0.25) is 0 Å². The Bertz CT molecular complexity index is 2030. The standard InChI is InChI=1S/C46H50N4O4/c1-30-7-14-40-34(25-30)10-15-39(32-5-3-2-4-6-32)44(40)33-8-12-38(13-9-33)54-24-21-31-27-49(28-31)36-19-22-48(23-20-36)37-11-16-41-35(26-37)29-50(46(41)53)42-17-18-43(51)47-45(42)52/h2-9,11-14,16,25-26,31,36,39,42,44H,10,15,17-24,27-29H2,1H3,(H,47,51,52)/t39-,42?,44+/m1/s1. The van der Waals surface area contributed by atoms with Gasteiger partial charge in [-0.2, -0.15) is 0 Å². The van der Waals surface area contributed by atoms with E-state index in [4.69, 9.17) is 4.74 Å². The molecule has 278 valence electrons. The van der Waals surface area contributed by atoms with Crippen LogP contribution in [0.25, 0.3) is 0 Å². The number of nitrogens with zero attached hydrogens (tertiary/aromatic N) is 3. The summed E-state index contributed by atoms with van der Waals surface area (Å²) < 4.78 is 6.30. The van der Waals surface area contributed by atoms with Crippen LogP contribution in [0.4, 0.5) is 5.69 Å². The Labute approximate surface area is 318 Å². The number of likely N-dealkylation sites (tertiary alicyclic amines) is 1. The molecule has 3 fully saturated rings. The van der Waals surface area contributed by atoms with Crippen LogP contribution in [0.5, 0.6) is 5.75 Å². The first kappa shape index (κ1) is 34.8. The van der Waals surface area contributed by atoms with E-state index in [1.165, 1.54) is 27.8 Å². The first-order valence-electron chi connectivity index (χ1n) is 20.0. The van der Waals surface area contributed by atoms with Gasteiger partial charge in [0.1, 0.15) is 11.8 Å². The van der Waals surface area contributed by atoms with Gasteiger partial charge in [-0.25, -0.2) is 0 Å². The van der Waals surface area contributed by atoms with Crippen LogP contribution < -0.4 is 15.0 Å². The third-order valence-corrected chi connectivity index (χ3v) is 12.9. The van der Waals surface area contributed by atoms with Crippen LogP contribution in [-0.2, 0) is 22.6 Å². The average molecular weight is 723 g/mol. The van der Waals surface area contributed by atoms with E-state index in [9.17, 15) is 14.4 Å². The van der Waals surface area contributed by atoms with E-state index in [1.54, 1.807) is 4.90 Å². The smallest absolute Gasteiger partial charge is 0.255 e. The van der Waals surface area contributed by atoms with Crippen LogP contribution in [0.3, 0.4) is 0 Å². The number of fused-ring (bicyclic) bond motifs is 2. The summed E-state index contributed by atoms with van der Waals surface area (Å²) in [5.41, 5.74) is 9.87. The summed E-state index contributed by atoms with van der Waals surface area (Å²) in [7, 11) is 0. The Hall–Kier alpha value is -4.95. The molecular weight excluding hydrogens is 673 g/mol. The van der Waals surface area contributed by atoms with Gasteiger partial charge >= 0.3 is 0 Å². The summed E-state index contributed by atoms with van der Waals surface area (Å²) >= 11 is 0. The minimum atomic E-state index is -0.580. The Balaban J connectivity index is 0.739. The minimum absolute atomic E-state index is 0.117. The molecule has 1 unspecified atom stereocenters. The molecule has 1 aliphatic carbocycles. The number of piperidine rings is 2. The molecule has 5 aliphatic rings. The minimum Gasteiger partial charge on any atom is -0.494 e. The fraction of sp³-hybridized carbons (Fsp3) is 0.413. The molecule has 4 aliphatic heterocycles. The van der Waals surface area contributed by atoms with Crippen molar-refractivity contribution in [1.29, 1.82) is 0 Å². The maximum absolute atomic E-state index is 13.1. The zero-order valence-electron chi connectivity index (χ0n) is 31.2. The predicted molar refractivity (Wildman–Crippen MR) is 210 cm³/mol. The molecule has 0 saturated carbocycles. The molecule has 4 aromatic carbocycles. The highest BCUT2D eigenvalue weighted by atomic mass is 16.5. The van der Waals surface area contributed by atoms with E-state index < -0.39 is 6.04 Å². The molecule has 4 heterocycles. The molecule has 0 aromatic heterocycles. The van der Waals surface area contributed by atoms with Crippen LogP contribution in [0.15, 0.2) is 91.0 Å². The zero-order valence-corrected chi connectivity index (χ0v) is 31.2. The van der Waals surface area contributed by atoms with Gasteiger partial charge in [0.2, 0.25) is 11.8 Å². The summed E-state index contributed by atoms with van der Waals surface area (Å²) in [5, 5.41) is 2.39. The second-order valence-corrected chi connectivity index (χ2v) is 16.2. The zero-order chi connectivity index (χ0) is 36.8. The number of carbonyl (C=O) groups is 3. The highest BCUT2D eigenvalue weighted by Crippen LogP contribution is 2.46. The molecule has 54 heavy (non-hydrogen) atoms. The maximum atomic E-state index is 13.1. The van der Waals surface area contributed by atoms with Gasteiger partial charge in [0.25, 0.3) is 5.91 Å². The Morgan fingerprint density at radius 2 is 1.57 bits per heavy atom. The molecule has 8 nitrogen and oxygen atoms in total. The van der Waals surface area contributed by atoms with E-state index in [-0.39, 0.29) is 24.1 Å². The second kappa shape index (κ2) is 14.7. The first-order chi connectivity index (χ1) is 26.4. The number of hydrogen-bond donors (Lipinski definition) is 1. The number of rotatable bonds is 9. The number of hydrogen-bond acceptors (Lipinski definition) is 6. The lowest BCUT2D eigenvalue weighted by Crippen LogP contribution is -2.55. The molecule has 0 spiro atoms. The van der Waals surface area contributed by atoms with Gasteiger partial charge < -0.3 is 14.5 Å². The highest BCUT2D eigenvalue weighted by molar-refractivity contribution is 6.05. The fourth-order valence-corrected chi connectivity index (χ4v) is 9.87. The van der Waals surface area contributed by atoms with Gasteiger partial charge in [0.15, 0.2) is 0 Å². The topological polar surface area (TPSA) is 82.2 Å². The molecule has 0 bridgehead atoms. The number of imide groups is 1. The number of ether oxygens (including phenoxy) is 1.